The number of carbonyl (C=O) groups excluding carboxylic acids is 2. The molecule has 12 heteroatoms. The van der Waals surface area contributed by atoms with Crippen LogP contribution in [-0.4, -0.2) is 62.5 Å². The Morgan fingerprint density at radius 1 is 1.20 bits per heavy atom. The zero-order chi connectivity index (χ0) is 34.0. The third-order valence-electron chi connectivity index (χ3n) is 8.86. The quantitative estimate of drug-likeness (QED) is 0.125. The second-order valence-electron chi connectivity index (χ2n) is 15.4. The highest BCUT2D eigenvalue weighted by atomic mass is 16.6. The second kappa shape index (κ2) is 13.4. The van der Waals surface area contributed by atoms with Crippen LogP contribution in [0.4, 0.5) is 15.4 Å². The molecule has 1 saturated heterocycles. The number of ketones is 1. The van der Waals surface area contributed by atoms with Crippen molar-refractivity contribution in [3.63, 3.8) is 0 Å². The van der Waals surface area contributed by atoms with Gasteiger partial charge in [0.15, 0.2) is 5.78 Å². The van der Waals surface area contributed by atoms with Crippen molar-refractivity contribution in [1.82, 2.24) is 20.2 Å². The molecule has 4 rings (SSSR count). The molecular weight excluding hydrogens is 588 g/mol. The van der Waals surface area contributed by atoms with E-state index < -0.39 is 29.1 Å². The molecule has 1 aliphatic heterocycles. The summed E-state index contributed by atoms with van der Waals surface area (Å²) in [4.78, 5) is 50.0. The van der Waals surface area contributed by atoms with Crippen LogP contribution in [0.25, 0.3) is 0 Å². The third-order valence-corrected chi connectivity index (χ3v) is 8.86. The molecule has 4 N–H and O–H groups in total. The van der Waals surface area contributed by atoms with Crippen molar-refractivity contribution in [2.45, 2.75) is 98.6 Å². The molecule has 252 valence electrons. The number of amidine groups is 1. The molecule has 0 bridgehead atoms. The van der Waals surface area contributed by atoms with Crippen molar-refractivity contribution in [3.05, 3.63) is 41.7 Å². The van der Waals surface area contributed by atoms with Gasteiger partial charge in [0.1, 0.15) is 28.8 Å². The van der Waals surface area contributed by atoms with Gasteiger partial charge in [-0.05, 0) is 75.3 Å². The first kappa shape index (κ1) is 34.9. The first-order valence-electron chi connectivity index (χ1n) is 16.1. The molecule has 4 atom stereocenters. The summed E-state index contributed by atoms with van der Waals surface area (Å²) in [6.45, 7) is 16.6. The number of aromatic nitrogens is 2. The van der Waals surface area contributed by atoms with Gasteiger partial charge in [-0.15, -0.1) is 0 Å². The molecule has 12 nitrogen and oxygen atoms in total. The lowest BCUT2D eigenvalue weighted by Gasteiger charge is -2.42. The van der Waals surface area contributed by atoms with E-state index in [1.54, 1.807) is 44.2 Å². The lowest BCUT2D eigenvalue weighted by atomic mass is 9.73. The van der Waals surface area contributed by atoms with Crippen LogP contribution in [0.15, 0.2) is 29.0 Å². The van der Waals surface area contributed by atoms with Gasteiger partial charge < -0.3 is 24.5 Å². The smallest absolute Gasteiger partial charge is 0.410 e. The molecule has 0 spiro atoms. The monoisotopic (exact) mass is 638 g/mol. The van der Waals surface area contributed by atoms with Gasteiger partial charge in [0.2, 0.25) is 0 Å². The Kier molecular flexibility index (Phi) is 10.2. The SMILES string of the molecule is CC(C)CC1C[C@@]1(CC(=O)c1cnc(C(C)(C)C)nc1NCc1ccco1)C1CC(C(=N)NC(=O)O)CN(C(=O)OC(C)(C)C)C1. The predicted octanol–water partition coefficient (Wildman–Crippen LogP) is 6.72. The van der Waals surface area contributed by atoms with Crippen LogP contribution < -0.4 is 10.6 Å². The Morgan fingerprint density at radius 2 is 1.91 bits per heavy atom. The Balaban J connectivity index is 1.67. The molecular formula is C34H50N6O6. The number of Topliss-reactive ketones (excluding diaryl/α,β-unsaturated/α-hetero) is 1. The Bertz CT molecular complexity index is 1430. The fourth-order valence-corrected chi connectivity index (χ4v) is 6.63. The van der Waals surface area contributed by atoms with Crippen LogP contribution >= 0.6 is 0 Å². The average molecular weight is 639 g/mol. The molecule has 3 heterocycles. The van der Waals surface area contributed by atoms with Crippen molar-refractivity contribution in [3.8, 4) is 0 Å². The van der Waals surface area contributed by atoms with Crippen molar-refractivity contribution in [2.75, 3.05) is 18.4 Å². The summed E-state index contributed by atoms with van der Waals surface area (Å²) in [5.41, 5.74) is -1.10. The molecule has 0 radical (unpaired) electrons. The lowest BCUT2D eigenvalue weighted by molar-refractivity contribution is 0.00610. The normalized spacial score (nSPS) is 23.2. The van der Waals surface area contributed by atoms with Gasteiger partial charge in [0.05, 0.1) is 18.4 Å². The molecule has 46 heavy (non-hydrogen) atoms. The number of hydrogen-bond donors (Lipinski definition) is 4. The standard InChI is InChI=1S/C34H50N6O6/c1-20(2)12-22-14-34(22,23-13-21(27(35)38-30(42)43)18-40(19-23)31(44)46-33(6,7)8)15-26(41)25-17-37-29(32(3,4)5)39-28(25)36-16-24-10-9-11-45-24/h9-11,17,20-23H,12-16,18-19H2,1-8H3,(H2,35,38)(H,42,43)(H,36,37,39)/t21?,22?,23?,34-/m0/s1. The maximum atomic E-state index is 14.3. The Morgan fingerprint density at radius 3 is 2.50 bits per heavy atom. The summed E-state index contributed by atoms with van der Waals surface area (Å²) in [5.74, 6) is 1.43. The van der Waals surface area contributed by atoms with E-state index in [1.165, 1.54) is 0 Å². The number of carboxylic acid groups (broad SMARTS) is 1. The fraction of sp³-hybridized carbons (Fsp3) is 0.647. The Hall–Kier alpha value is -3.96. The van der Waals surface area contributed by atoms with E-state index in [2.05, 4.69) is 29.5 Å². The molecule has 0 aromatic carbocycles. The summed E-state index contributed by atoms with van der Waals surface area (Å²) in [6.07, 6.45) is 3.78. The number of rotatable bonds is 10. The fourth-order valence-electron chi connectivity index (χ4n) is 6.63. The van der Waals surface area contributed by atoms with Crippen LogP contribution in [0.1, 0.15) is 103 Å². The summed E-state index contributed by atoms with van der Waals surface area (Å²) in [6, 6.07) is 3.65. The maximum absolute atomic E-state index is 14.3. The number of anilines is 1. The summed E-state index contributed by atoms with van der Waals surface area (Å²) in [7, 11) is 0. The predicted molar refractivity (Wildman–Crippen MR) is 174 cm³/mol. The van der Waals surface area contributed by atoms with E-state index in [0.29, 0.717) is 48.4 Å². The van der Waals surface area contributed by atoms with Crippen molar-refractivity contribution < 1.29 is 28.6 Å². The van der Waals surface area contributed by atoms with Crippen molar-refractivity contribution in [2.24, 2.45) is 29.1 Å². The highest BCUT2D eigenvalue weighted by Crippen LogP contribution is 2.65. The van der Waals surface area contributed by atoms with E-state index in [1.807, 2.05) is 26.8 Å². The number of ether oxygens (including phenoxy) is 1. The zero-order valence-electron chi connectivity index (χ0n) is 28.4. The van der Waals surface area contributed by atoms with E-state index in [0.717, 1.165) is 12.8 Å². The van der Waals surface area contributed by atoms with Crippen LogP contribution in [0, 0.1) is 34.5 Å². The second-order valence-corrected chi connectivity index (χ2v) is 15.4. The maximum Gasteiger partial charge on any atom is 0.410 e. The van der Waals surface area contributed by atoms with Crippen LogP contribution in [0.5, 0.6) is 0 Å². The minimum atomic E-state index is -1.32. The minimum absolute atomic E-state index is 0.0988. The number of likely N-dealkylation sites (tertiary alicyclic amines) is 1. The average Bonchev–Trinajstić information content (AvgIpc) is 3.34. The highest BCUT2D eigenvalue weighted by Gasteiger charge is 2.60. The Labute approximate surface area is 271 Å². The topological polar surface area (TPSA) is 171 Å². The third kappa shape index (κ3) is 8.64. The van der Waals surface area contributed by atoms with Crippen LogP contribution in [0.3, 0.4) is 0 Å². The first-order chi connectivity index (χ1) is 21.4. The van der Waals surface area contributed by atoms with E-state index >= 15 is 0 Å². The van der Waals surface area contributed by atoms with Crippen molar-refractivity contribution >= 4 is 29.6 Å². The van der Waals surface area contributed by atoms with Crippen LogP contribution in [0.2, 0.25) is 0 Å². The van der Waals surface area contributed by atoms with Gasteiger partial charge in [0.25, 0.3) is 0 Å². The number of nitrogens with zero attached hydrogens (tertiary/aromatic N) is 3. The number of piperidine rings is 1. The molecule has 2 aromatic rings. The van der Waals surface area contributed by atoms with E-state index in [-0.39, 0.29) is 41.8 Å². The lowest BCUT2D eigenvalue weighted by Crippen LogP contribution is -2.52. The molecule has 1 aliphatic carbocycles. The van der Waals surface area contributed by atoms with Crippen molar-refractivity contribution in [1.29, 1.82) is 5.41 Å². The molecule has 2 amide bonds. The van der Waals surface area contributed by atoms with Gasteiger partial charge >= 0.3 is 12.2 Å². The summed E-state index contributed by atoms with van der Waals surface area (Å²) >= 11 is 0. The molecule has 1 saturated carbocycles. The minimum Gasteiger partial charge on any atom is -0.467 e. The summed E-state index contributed by atoms with van der Waals surface area (Å²) in [5, 5.41) is 23.3. The number of hydrogen-bond acceptors (Lipinski definition) is 9. The van der Waals surface area contributed by atoms with Gasteiger partial charge in [-0.1, -0.05) is 34.6 Å². The number of furan rings is 1. The molecule has 2 aliphatic rings. The first-order valence-corrected chi connectivity index (χ1v) is 16.1. The number of carbonyl (C=O) groups is 3. The van der Waals surface area contributed by atoms with Gasteiger partial charge in [0, 0.05) is 37.0 Å². The largest absolute Gasteiger partial charge is 0.467 e. The van der Waals surface area contributed by atoms with Gasteiger partial charge in [-0.3, -0.25) is 15.5 Å². The summed E-state index contributed by atoms with van der Waals surface area (Å²) < 4.78 is 11.2. The number of nitrogens with one attached hydrogen (secondary N) is 3. The zero-order valence-corrected chi connectivity index (χ0v) is 28.4. The highest BCUT2D eigenvalue weighted by molar-refractivity contribution is 6.00. The van der Waals surface area contributed by atoms with Crippen LogP contribution in [-0.2, 0) is 16.7 Å². The van der Waals surface area contributed by atoms with E-state index in [9.17, 15) is 19.5 Å². The van der Waals surface area contributed by atoms with E-state index in [4.69, 9.17) is 19.5 Å². The molecule has 3 unspecified atom stereocenters. The molecule has 2 aromatic heterocycles. The molecule has 2 fully saturated rings. The van der Waals surface area contributed by atoms with Gasteiger partial charge in [-0.25, -0.2) is 19.6 Å². The number of amides is 2. The van der Waals surface area contributed by atoms with Gasteiger partial charge in [-0.2, -0.15) is 0 Å².